The summed E-state index contributed by atoms with van der Waals surface area (Å²) in [6.07, 6.45) is 4.67. The van der Waals surface area contributed by atoms with E-state index >= 15 is 0 Å². The van der Waals surface area contributed by atoms with Crippen LogP contribution in [-0.2, 0) is 22.7 Å². The van der Waals surface area contributed by atoms with Crippen molar-refractivity contribution in [1.82, 2.24) is 0 Å². The topological polar surface area (TPSA) is 6.48 Å². The van der Waals surface area contributed by atoms with Crippen molar-refractivity contribution in [2.75, 3.05) is 9.80 Å². The predicted molar refractivity (Wildman–Crippen MR) is 259 cm³/mol. The Morgan fingerprint density at radius 2 is 1.12 bits per heavy atom. The van der Waals surface area contributed by atoms with Crippen molar-refractivity contribution < 1.29 is 0 Å². The molecule has 0 N–H and O–H groups in total. The number of benzene rings is 6. The molecule has 0 spiro atoms. The summed E-state index contributed by atoms with van der Waals surface area (Å²) in [5.41, 5.74) is 21.0. The molecular weight excluding hydrogens is 731 g/mol. The third-order valence-electron chi connectivity index (χ3n) is 13.0. The molecule has 0 atom stereocenters. The van der Waals surface area contributed by atoms with Crippen molar-refractivity contribution in [3.63, 3.8) is 0 Å². The van der Waals surface area contributed by atoms with Crippen LogP contribution < -0.4 is 26.2 Å². The monoisotopic (exact) mass is 786 g/mol. The number of hydrogen-bond donors (Lipinski definition) is 0. The quantitative estimate of drug-likeness (QED) is 0.165. The molecule has 1 aromatic heterocycles. The third-order valence-corrected chi connectivity index (χ3v) is 14.3. The number of hydrogen-bond acceptors (Lipinski definition) is 3. The first-order valence-corrected chi connectivity index (χ1v) is 22.3. The average Bonchev–Trinajstić information content (AvgIpc) is 3.58. The maximum atomic E-state index is 2.58. The zero-order chi connectivity index (χ0) is 41.2. The number of allylic oxidation sites excluding steroid dienone is 1. The van der Waals surface area contributed by atoms with Gasteiger partial charge in [-0.15, -0.1) is 11.3 Å². The van der Waals surface area contributed by atoms with Gasteiger partial charge in [0.05, 0.1) is 0 Å². The van der Waals surface area contributed by atoms with Crippen molar-refractivity contribution >= 4 is 84.2 Å². The van der Waals surface area contributed by atoms with Gasteiger partial charge in [-0.25, -0.2) is 0 Å². The van der Waals surface area contributed by atoms with E-state index in [4.69, 9.17) is 0 Å². The second-order valence-corrected chi connectivity index (χ2v) is 21.4. The number of aryl methyl sites for hydroxylation is 2. The highest BCUT2D eigenvalue weighted by Crippen LogP contribution is 2.47. The van der Waals surface area contributed by atoms with Crippen LogP contribution in [0.1, 0.15) is 107 Å². The molecular formula is C55H55BN2S. The Kier molecular flexibility index (Phi) is 8.58. The van der Waals surface area contributed by atoms with Crippen molar-refractivity contribution in [2.24, 2.45) is 0 Å². The number of nitrogens with zero attached hydrogens (tertiary/aromatic N) is 2. The lowest BCUT2D eigenvalue weighted by atomic mass is 9.33. The SMILES string of the molecule is Cc1cc2c3c(c1)N(c1ccc(C4=CCCc5sc6ccccc6c54)cc1)c1cc(C(C)(C)C)ccc1B3c1cc(C(C)(C)C)ccc1N2c1ccc(C(C)(C)C)cc1. The minimum Gasteiger partial charge on any atom is -0.311 e. The Bertz CT molecular complexity index is 2840. The summed E-state index contributed by atoms with van der Waals surface area (Å²) in [6, 6.07) is 47.2. The number of thiophene rings is 1. The van der Waals surface area contributed by atoms with Crippen LogP contribution in [0.3, 0.4) is 0 Å². The van der Waals surface area contributed by atoms with Gasteiger partial charge < -0.3 is 9.80 Å². The van der Waals surface area contributed by atoms with Gasteiger partial charge in [0, 0.05) is 54.7 Å². The molecule has 0 unspecified atom stereocenters. The van der Waals surface area contributed by atoms with Crippen LogP contribution in [0.4, 0.5) is 34.1 Å². The molecule has 1 aliphatic carbocycles. The molecule has 59 heavy (non-hydrogen) atoms. The Balaban J connectivity index is 1.20. The fourth-order valence-electron chi connectivity index (χ4n) is 9.80. The van der Waals surface area contributed by atoms with Gasteiger partial charge in [0.2, 0.25) is 0 Å². The highest BCUT2D eigenvalue weighted by atomic mass is 32.1. The van der Waals surface area contributed by atoms with E-state index in [2.05, 4.69) is 206 Å². The Labute approximate surface area is 356 Å². The molecule has 4 heteroatoms. The molecule has 3 heterocycles. The smallest absolute Gasteiger partial charge is 0.252 e. The lowest BCUT2D eigenvalue weighted by Crippen LogP contribution is -2.61. The van der Waals surface area contributed by atoms with Gasteiger partial charge in [-0.05, 0) is 140 Å². The zero-order valence-electron chi connectivity index (χ0n) is 36.4. The normalized spacial score (nSPS) is 14.8. The minimum absolute atomic E-state index is 0.00301. The first-order chi connectivity index (χ1) is 28.1. The predicted octanol–water partition coefficient (Wildman–Crippen LogP) is 13.6. The Morgan fingerprint density at radius 3 is 1.78 bits per heavy atom. The van der Waals surface area contributed by atoms with Gasteiger partial charge >= 0.3 is 0 Å². The minimum atomic E-state index is -0.00301. The lowest BCUT2D eigenvalue weighted by Gasteiger charge is -2.45. The Morgan fingerprint density at radius 1 is 0.542 bits per heavy atom. The first-order valence-electron chi connectivity index (χ1n) is 21.5. The summed E-state index contributed by atoms with van der Waals surface area (Å²) < 4.78 is 1.38. The van der Waals surface area contributed by atoms with E-state index < -0.39 is 0 Å². The van der Waals surface area contributed by atoms with Gasteiger partial charge in [-0.3, -0.25) is 0 Å². The first kappa shape index (κ1) is 37.9. The van der Waals surface area contributed by atoms with Gasteiger partial charge in [0.15, 0.2) is 0 Å². The molecule has 0 saturated heterocycles. The second-order valence-electron chi connectivity index (χ2n) is 20.3. The molecule has 10 rings (SSSR count). The van der Waals surface area contributed by atoms with Crippen molar-refractivity contribution in [1.29, 1.82) is 0 Å². The standard InChI is InChI=1S/C55H55BN2S/c1-34-30-47-52-48(31-34)58(39-24-18-35(19-25-39)41-15-13-17-50-51(41)42-14-11-12-16-49(42)59-50)46-33-38(55(8,9)10)22-28-43(46)56(52)44-32-37(54(5,6)7)23-29-45(44)57(47)40-26-20-36(21-27-40)53(2,3)4/h11-12,14-16,18-33H,13,17H2,1-10H3. The van der Waals surface area contributed by atoms with E-state index in [1.54, 1.807) is 0 Å². The van der Waals surface area contributed by atoms with Crippen LogP contribution in [-0.4, -0.2) is 6.71 Å². The average molecular weight is 787 g/mol. The fraction of sp³-hybridized carbons (Fsp3) is 0.273. The van der Waals surface area contributed by atoms with E-state index in [0.29, 0.717) is 0 Å². The van der Waals surface area contributed by atoms with Crippen LogP contribution >= 0.6 is 11.3 Å². The van der Waals surface area contributed by atoms with Gasteiger partial charge in [0.25, 0.3) is 6.71 Å². The van der Waals surface area contributed by atoms with Crippen LogP contribution in [0.2, 0.25) is 0 Å². The van der Waals surface area contributed by atoms with Crippen molar-refractivity contribution in [2.45, 2.75) is 98.3 Å². The van der Waals surface area contributed by atoms with Crippen LogP contribution in [0.15, 0.2) is 127 Å². The van der Waals surface area contributed by atoms with Gasteiger partial charge in [0.1, 0.15) is 0 Å². The van der Waals surface area contributed by atoms with E-state index in [1.165, 1.54) is 104 Å². The molecule has 0 fully saturated rings. The van der Waals surface area contributed by atoms with Crippen LogP contribution in [0, 0.1) is 6.92 Å². The highest BCUT2D eigenvalue weighted by Gasteiger charge is 2.44. The summed E-state index contributed by atoms with van der Waals surface area (Å²) in [6.45, 7) is 23.3. The number of fused-ring (bicyclic) bond motifs is 7. The van der Waals surface area contributed by atoms with E-state index in [1.807, 2.05) is 11.3 Å². The summed E-state index contributed by atoms with van der Waals surface area (Å²) in [4.78, 5) is 6.64. The molecule has 0 radical (unpaired) electrons. The maximum Gasteiger partial charge on any atom is 0.252 e. The molecule has 2 nitrogen and oxygen atoms in total. The van der Waals surface area contributed by atoms with Gasteiger partial charge in [-0.2, -0.15) is 0 Å². The molecule has 0 bridgehead atoms. The maximum absolute atomic E-state index is 2.58. The van der Waals surface area contributed by atoms with Crippen LogP contribution in [0.5, 0.6) is 0 Å². The second kappa shape index (κ2) is 13.3. The largest absolute Gasteiger partial charge is 0.311 e. The number of rotatable bonds is 3. The molecule has 0 saturated carbocycles. The zero-order valence-corrected chi connectivity index (χ0v) is 37.2. The van der Waals surface area contributed by atoms with E-state index in [0.717, 1.165) is 12.8 Å². The van der Waals surface area contributed by atoms with Crippen molar-refractivity contribution in [3.8, 4) is 0 Å². The van der Waals surface area contributed by atoms with Crippen molar-refractivity contribution in [3.05, 3.63) is 166 Å². The van der Waals surface area contributed by atoms with Gasteiger partial charge in [-0.1, -0.05) is 135 Å². The highest BCUT2D eigenvalue weighted by molar-refractivity contribution is 7.19. The summed E-state index contributed by atoms with van der Waals surface area (Å²) in [7, 11) is 0. The molecule has 7 aromatic rings. The molecule has 2 aliphatic heterocycles. The summed E-state index contributed by atoms with van der Waals surface area (Å²) in [5, 5.41) is 1.38. The summed E-state index contributed by atoms with van der Waals surface area (Å²) in [5.74, 6) is 0. The molecule has 0 amide bonds. The molecule has 6 aromatic carbocycles. The van der Waals surface area contributed by atoms with E-state index in [-0.39, 0.29) is 23.0 Å². The molecule has 294 valence electrons. The third kappa shape index (κ3) is 6.21. The summed E-state index contributed by atoms with van der Waals surface area (Å²) >= 11 is 1.97. The number of anilines is 6. The van der Waals surface area contributed by atoms with E-state index in [9.17, 15) is 0 Å². The lowest BCUT2D eigenvalue weighted by molar-refractivity contribution is 0.590. The fourth-order valence-corrected chi connectivity index (χ4v) is 11.0. The van der Waals surface area contributed by atoms with Crippen LogP contribution in [0.25, 0.3) is 15.7 Å². The Hall–Kier alpha value is -5.32. The molecule has 3 aliphatic rings.